The molecule has 1 atom stereocenters. The molecule has 0 amide bonds. The van der Waals surface area contributed by atoms with E-state index in [0.717, 1.165) is 6.92 Å². The first-order valence-corrected chi connectivity index (χ1v) is 5.18. The van der Waals surface area contributed by atoms with Gasteiger partial charge < -0.3 is 9.47 Å². The lowest BCUT2D eigenvalue weighted by Crippen LogP contribution is -2.31. The molecule has 0 radical (unpaired) electrons. The van der Waals surface area contributed by atoms with E-state index in [1.165, 1.54) is 32.2 Å². The molecule has 1 aromatic carbocycles. The summed E-state index contributed by atoms with van der Waals surface area (Å²) in [7, 11) is 1.33. The number of alkyl halides is 3. The van der Waals surface area contributed by atoms with Crippen molar-refractivity contribution in [1.29, 1.82) is 0 Å². The summed E-state index contributed by atoms with van der Waals surface area (Å²) in [6, 6.07) is 4.26. The van der Waals surface area contributed by atoms with Gasteiger partial charge in [-0.1, -0.05) is 6.07 Å². The van der Waals surface area contributed by atoms with Gasteiger partial charge in [0, 0.05) is 0 Å². The highest BCUT2D eigenvalue weighted by Crippen LogP contribution is 2.32. The van der Waals surface area contributed by atoms with Crippen LogP contribution < -0.4 is 9.47 Å². The van der Waals surface area contributed by atoms with Crippen LogP contribution in [-0.4, -0.2) is 25.2 Å². The Morgan fingerprint density at radius 3 is 2.28 bits per heavy atom. The van der Waals surface area contributed by atoms with Crippen LogP contribution in [0.3, 0.4) is 0 Å². The first-order valence-electron chi connectivity index (χ1n) is 5.18. The number of carbonyl (C=O) groups is 1. The molecule has 0 saturated carbocycles. The molecule has 6 heteroatoms. The SMILES string of the molecule is COc1cccc(OC(C)C(F)(F)F)c1C(C)=O. The zero-order chi connectivity index (χ0) is 13.9. The molecule has 0 bridgehead atoms. The predicted molar refractivity (Wildman–Crippen MR) is 59.1 cm³/mol. The molecule has 1 unspecified atom stereocenters. The van der Waals surface area contributed by atoms with Crippen molar-refractivity contribution < 1.29 is 27.4 Å². The minimum absolute atomic E-state index is 0.0103. The van der Waals surface area contributed by atoms with Crippen LogP contribution in [-0.2, 0) is 0 Å². The van der Waals surface area contributed by atoms with E-state index in [0.29, 0.717) is 0 Å². The largest absolute Gasteiger partial charge is 0.496 e. The quantitative estimate of drug-likeness (QED) is 0.781. The van der Waals surface area contributed by atoms with Gasteiger partial charge in [-0.15, -0.1) is 0 Å². The van der Waals surface area contributed by atoms with Crippen LogP contribution in [0.2, 0.25) is 0 Å². The molecule has 0 aliphatic heterocycles. The number of halogens is 3. The summed E-state index contributed by atoms with van der Waals surface area (Å²) < 4.78 is 46.9. The Kier molecular flexibility index (Phi) is 4.21. The van der Waals surface area contributed by atoms with Crippen LogP contribution in [0.15, 0.2) is 18.2 Å². The lowest BCUT2D eigenvalue weighted by molar-refractivity contribution is -0.189. The molecule has 1 rings (SSSR count). The van der Waals surface area contributed by atoms with Crippen LogP contribution >= 0.6 is 0 Å². The van der Waals surface area contributed by atoms with Gasteiger partial charge in [0.15, 0.2) is 11.9 Å². The molecular weight excluding hydrogens is 249 g/mol. The second-order valence-corrected chi connectivity index (χ2v) is 3.69. The molecular formula is C12H13F3O3. The van der Waals surface area contributed by atoms with Gasteiger partial charge in [0.2, 0.25) is 0 Å². The second kappa shape index (κ2) is 5.29. The first-order chi connectivity index (χ1) is 8.27. The molecule has 0 aliphatic rings. The van der Waals surface area contributed by atoms with E-state index in [1.54, 1.807) is 0 Å². The molecule has 1 aromatic rings. The smallest absolute Gasteiger partial charge is 0.425 e. The summed E-state index contributed by atoms with van der Waals surface area (Å²) in [6.07, 6.45) is -6.49. The third-order valence-corrected chi connectivity index (χ3v) is 2.32. The summed E-state index contributed by atoms with van der Waals surface area (Å²) in [6.45, 7) is 2.12. The van der Waals surface area contributed by atoms with Crippen LogP contribution in [0.4, 0.5) is 13.2 Å². The third-order valence-electron chi connectivity index (χ3n) is 2.32. The van der Waals surface area contributed by atoms with Gasteiger partial charge in [-0.2, -0.15) is 13.2 Å². The second-order valence-electron chi connectivity index (χ2n) is 3.69. The lowest BCUT2D eigenvalue weighted by Gasteiger charge is -2.20. The Morgan fingerprint density at radius 2 is 1.83 bits per heavy atom. The minimum atomic E-state index is -4.49. The Labute approximate surface area is 103 Å². The Morgan fingerprint density at radius 1 is 1.28 bits per heavy atom. The summed E-state index contributed by atoms with van der Waals surface area (Å²) >= 11 is 0. The van der Waals surface area contributed by atoms with E-state index in [1.807, 2.05) is 0 Å². The monoisotopic (exact) mass is 262 g/mol. The highest BCUT2D eigenvalue weighted by Gasteiger charge is 2.38. The van der Waals surface area contributed by atoms with Gasteiger partial charge in [-0.05, 0) is 26.0 Å². The number of methoxy groups -OCH3 is 1. The lowest BCUT2D eigenvalue weighted by atomic mass is 10.1. The van der Waals surface area contributed by atoms with E-state index >= 15 is 0 Å². The normalized spacial score (nSPS) is 13.0. The van der Waals surface area contributed by atoms with Crippen LogP contribution in [0, 0.1) is 0 Å². The summed E-state index contributed by atoms with van der Waals surface area (Å²) in [5.74, 6) is -0.363. The van der Waals surface area contributed by atoms with Crippen LogP contribution in [0.5, 0.6) is 11.5 Å². The van der Waals surface area contributed by atoms with Crippen molar-refractivity contribution in [1.82, 2.24) is 0 Å². The highest BCUT2D eigenvalue weighted by molar-refractivity contribution is 5.99. The Balaban J connectivity index is 3.13. The number of hydrogen-bond acceptors (Lipinski definition) is 3. The molecule has 0 fully saturated rings. The van der Waals surface area contributed by atoms with Crippen LogP contribution in [0.25, 0.3) is 0 Å². The minimum Gasteiger partial charge on any atom is -0.496 e. The van der Waals surface area contributed by atoms with Crippen molar-refractivity contribution in [3.63, 3.8) is 0 Å². The summed E-state index contributed by atoms with van der Waals surface area (Å²) in [4.78, 5) is 11.4. The molecule has 0 saturated heterocycles. The standard InChI is InChI=1S/C12H13F3O3/c1-7(16)11-9(17-3)5-4-6-10(11)18-8(2)12(13,14)15/h4-6,8H,1-3H3. The fourth-order valence-corrected chi connectivity index (χ4v) is 1.38. The number of benzene rings is 1. The zero-order valence-electron chi connectivity index (χ0n) is 10.2. The van der Waals surface area contributed by atoms with Gasteiger partial charge in [0.1, 0.15) is 17.1 Å². The van der Waals surface area contributed by atoms with Crippen molar-refractivity contribution >= 4 is 5.78 Å². The third kappa shape index (κ3) is 3.15. The van der Waals surface area contributed by atoms with Gasteiger partial charge in [0.05, 0.1) is 7.11 Å². The predicted octanol–water partition coefficient (Wildman–Crippen LogP) is 3.23. The number of rotatable bonds is 4. The fourth-order valence-electron chi connectivity index (χ4n) is 1.38. The molecule has 0 heterocycles. The molecule has 3 nitrogen and oxygen atoms in total. The Bertz CT molecular complexity index is 441. The molecule has 0 aliphatic carbocycles. The van der Waals surface area contributed by atoms with E-state index in [-0.39, 0.29) is 17.1 Å². The van der Waals surface area contributed by atoms with E-state index in [9.17, 15) is 18.0 Å². The maximum atomic E-state index is 12.4. The van der Waals surface area contributed by atoms with Crippen molar-refractivity contribution in [2.45, 2.75) is 26.1 Å². The molecule has 0 spiro atoms. The van der Waals surface area contributed by atoms with Crippen LogP contribution in [0.1, 0.15) is 24.2 Å². The molecule has 18 heavy (non-hydrogen) atoms. The van der Waals surface area contributed by atoms with Gasteiger partial charge in [-0.25, -0.2) is 0 Å². The first kappa shape index (κ1) is 14.3. The van der Waals surface area contributed by atoms with Crippen molar-refractivity contribution in [2.75, 3.05) is 7.11 Å². The van der Waals surface area contributed by atoms with Crippen molar-refractivity contribution in [2.24, 2.45) is 0 Å². The Hall–Kier alpha value is -1.72. The van der Waals surface area contributed by atoms with Gasteiger partial charge >= 0.3 is 6.18 Å². The summed E-state index contributed by atoms with van der Waals surface area (Å²) in [5.41, 5.74) is 0.0103. The number of ketones is 1. The average Bonchev–Trinajstić information content (AvgIpc) is 2.26. The average molecular weight is 262 g/mol. The van der Waals surface area contributed by atoms with Gasteiger partial charge in [-0.3, -0.25) is 4.79 Å². The van der Waals surface area contributed by atoms with E-state index in [2.05, 4.69) is 0 Å². The van der Waals surface area contributed by atoms with Gasteiger partial charge in [0.25, 0.3) is 0 Å². The molecule has 0 N–H and O–H groups in total. The fraction of sp³-hybridized carbons (Fsp3) is 0.417. The molecule has 0 aromatic heterocycles. The maximum Gasteiger partial charge on any atom is 0.425 e. The van der Waals surface area contributed by atoms with Crippen molar-refractivity contribution in [3.8, 4) is 11.5 Å². The number of ether oxygens (including phenoxy) is 2. The maximum absolute atomic E-state index is 12.4. The summed E-state index contributed by atoms with van der Waals surface area (Å²) in [5, 5.41) is 0. The zero-order valence-corrected chi connectivity index (χ0v) is 10.2. The van der Waals surface area contributed by atoms with Crippen molar-refractivity contribution in [3.05, 3.63) is 23.8 Å². The number of carbonyl (C=O) groups excluding carboxylic acids is 1. The highest BCUT2D eigenvalue weighted by atomic mass is 19.4. The number of Topliss-reactive ketones (excluding diaryl/α,β-unsaturated/α-hetero) is 1. The van der Waals surface area contributed by atoms with E-state index < -0.39 is 18.1 Å². The molecule has 100 valence electrons. The van der Waals surface area contributed by atoms with E-state index in [4.69, 9.17) is 9.47 Å². The number of hydrogen-bond donors (Lipinski definition) is 0. The topological polar surface area (TPSA) is 35.5 Å².